The summed E-state index contributed by atoms with van der Waals surface area (Å²) in [6, 6.07) is 0.414. The van der Waals surface area contributed by atoms with Gasteiger partial charge in [-0.1, -0.05) is 0 Å². The second kappa shape index (κ2) is 3.96. The zero-order chi connectivity index (χ0) is 10.1. The Balaban J connectivity index is 1.70. The first-order valence-corrected chi connectivity index (χ1v) is 5.67. The summed E-state index contributed by atoms with van der Waals surface area (Å²) in [4.78, 5) is 4.42. The molecule has 0 aromatic rings. The van der Waals surface area contributed by atoms with Gasteiger partial charge in [-0.05, 0) is 6.42 Å². The van der Waals surface area contributed by atoms with Gasteiger partial charge in [0.05, 0.1) is 18.8 Å². The summed E-state index contributed by atoms with van der Waals surface area (Å²) < 4.78 is 0. The molecule has 3 heterocycles. The molecule has 83 valence electrons. The lowest BCUT2D eigenvalue weighted by molar-refractivity contribution is 0.241. The Kier molecular flexibility index (Phi) is 2.47. The Labute approximate surface area is 89.5 Å². The number of rotatable bonds is 1. The topological polar surface area (TPSA) is 65.8 Å². The summed E-state index contributed by atoms with van der Waals surface area (Å²) >= 11 is 0. The number of nitrogens with zero attached hydrogens (tertiary/aromatic N) is 3. The third-order valence-corrected chi connectivity index (χ3v) is 3.10. The molecule has 2 fully saturated rings. The molecule has 0 aliphatic carbocycles. The van der Waals surface area contributed by atoms with Crippen LogP contribution in [0.4, 0.5) is 0 Å². The maximum atomic E-state index is 4.50. The van der Waals surface area contributed by atoms with Crippen LogP contribution in [0, 0.1) is 0 Å². The molecule has 0 aromatic heterocycles. The summed E-state index contributed by atoms with van der Waals surface area (Å²) in [5.41, 5.74) is 4.50. The molecular weight excluding hydrogens is 192 g/mol. The van der Waals surface area contributed by atoms with Crippen LogP contribution in [0.15, 0.2) is 4.99 Å². The molecule has 3 aliphatic heterocycles. The van der Waals surface area contributed by atoms with E-state index in [1.54, 1.807) is 0 Å². The molecule has 3 rings (SSSR count). The van der Waals surface area contributed by atoms with Gasteiger partial charge in [-0.15, -0.1) is 5.43 Å². The van der Waals surface area contributed by atoms with Gasteiger partial charge < -0.3 is 5.32 Å². The molecule has 1 unspecified atom stereocenters. The van der Waals surface area contributed by atoms with Crippen LogP contribution in [0.1, 0.15) is 6.42 Å². The summed E-state index contributed by atoms with van der Waals surface area (Å²) in [5, 5.41) is 12.2. The van der Waals surface area contributed by atoms with Crippen molar-refractivity contribution >= 4 is 5.96 Å². The van der Waals surface area contributed by atoms with Crippen molar-refractivity contribution in [3.63, 3.8) is 0 Å². The largest absolute Gasteiger partial charge is 0.353 e. The fraction of sp³-hybridized carbons (Fsp3) is 0.889. The quantitative estimate of drug-likeness (QED) is 0.470. The van der Waals surface area contributed by atoms with Crippen LogP contribution >= 0.6 is 0 Å². The lowest BCUT2D eigenvalue weighted by Gasteiger charge is -2.28. The van der Waals surface area contributed by atoms with Gasteiger partial charge in [0.1, 0.15) is 0 Å². The first-order chi connectivity index (χ1) is 7.45. The molecule has 3 aliphatic rings. The average Bonchev–Trinajstić information content (AvgIpc) is 3.01. The summed E-state index contributed by atoms with van der Waals surface area (Å²) in [7, 11) is 0. The highest BCUT2D eigenvalue weighted by Gasteiger charge is 2.36. The molecule has 15 heavy (non-hydrogen) atoms. The summed E-state index contributed by atoms with van der Waals surface area (Å²) in [5.74, 6) is 0.952. The predicted octanol–water partition coefficient (Wildman–Crippen LogP) is -1.94. The molecule has 0 aromatic carbocycles. The van der Waals surface area contributed by atoms with E-state index in [2.05, 4.69) is 31.4 Å². The van der Waals surface area contributed by atoms with Crippen molar-refractivity contribution in [1.82, 2.24) is 26.4 Å². The monoisotopic (exact) mass is 209 g/mol. The molecule has 0 bridgehead atoms. The number of hydrogen-bond acceptors (Lipinski definition) is 5. The SMILES string of the molecule is C1CC(C2NCCN2)N(C2=NCCN2)[N]1. The van der Waals surface area contributed by atoms with Crippen molar-refractivity contribution in [2.75, 3.05) is 32.7 Å². The molecule has 0 amide bonds. The first-order valence-electron chi connectivity index (χ1n) is 5.67. The lowest BCUT2D eigenvalue weighted by Crippen LogP contribution is -2.54. The Bertz CT molecular complexity index is 259. The Morgan fingerprint density at radius 2 is 2.00 bits per heavy atom. The third-order valence-electron chi connectivity index (χ3n) is 3.10. The molecular formula is C9H17N6. The predicted molar refractivity (Wildman–Crippen MR) is 57.3 cm³/mol. The second-order valence-electron chi connectivity index (χ2n) is 4.08. The average molecular weight is 209 g/mol. The van der Waals surface area contributed by atoms with Gasteiger partial charge in [0.25, 0.3) is 0 Å². The normalized spacial score (nSPS) is 32.1. The highest BCUT2D eigenvalue weighted by atomic mass is 15.6. The highest BCUT2D eigenvalue weighted by molar-refractivity contribution is 5.81. The van der Waals surface area contributed by atoms with Gasteiger partial charge in [-0.3, -0.25) is 20.6 Å². The van der Waals surface area contributed by atoms with Crippen molar-refractivity contribution < 1.29 is 0 Å². The van der Waals surface area contributed by atoms with Gasteiger partial charge in [0.15, 0.2) is 0 Å². The van der Waals surface area contributed by atoms with Crippen LogP contribution in [0.2, 0.25) is 0 Å². The third kappa shape index (κ3) is 1.68. The zero-order valence-corrected chi connectivity index (χ0v) is 8.74. The minimum absolute atomic E-state index is 0.362. The number of aliphatic imine (C=N–C) groups is 1. The molecule has 0 spiro atoms. The van der Waals surface area contributed by atoms with Crippen LogP contribution in [-0.2, 0) is 0 Å². The van der Waals surface area contributed by atoms with Gasteiger partial charge in [0, 0.05) is 26.2 Å². The van der Waals surface area contributed by atoms with Gasteiger partial charge in [-0.25, -0.2) is 0 Å². The number of nitrogens with one attached hydrogen (secondary N) is 3. The van der Waals surface area contributed by atoms with Crippen molar-refractivity contribution in [1.29, 1.82) is 0 Å². The smallest absolute Gasteiger partial charge is 0.210 e. The lowest BCUT2D eigenvalue weighted by atomic mass is 10.2. The zero-order valence-electron chi connectivity index (χ0n) is 8.74. The molecule has 0 saturated carbocycles. The highest BCUT2D eigenvalue weighted by Crippen LogP contribution is 2.15. The van der Waals surface area contributed by atoms with Gasteiger partial charge in [-0.2, -0.15) is 0 Å². The fourth-order valence-corrected chi connectivity index (χ4v) is 2.40. The van der Waals surface area contributed by atoms with E-state index in [1.807, 2.05) is 0 Å². The van der Waals surface area contributed by atoms with E-state index < -0.39 is 0 Å². The van der Waals surface area contributed by atoms with Crippen molar-refractivity contribution in [3.05, 3.63) is 0 Å². The van der Waals surface area contributed by atoms with E-state index in [1.165, 1.54) is 0 Å². The second-order valence-corrected chi connectivity index (χ2v) is 4.08. The van der Waals surface area contributed by atoms with Crippen LogP contribution in [0.25, 0.3) is 0 Å². The maximum absolute atomic E-state index is 4.50. The fourth-order valence-electron chi connectivity index (χ4n) is 2.40. The van der Waals surface area contributed by atoms with Gasteiger partial charge in [0.2, 0.25) is 5.96 Å². The van der Waals surface area contributed by atoms with Crippen molar-refractivity contribution in [2.45, 2.75) is 18.6 Å². The number of guanidine groups is 1. The molecule has 6 heteroatoms. The van der Waals surface area contributed by atoms with E-state index in [-0.39, 0.29) is 0 Å². The minimum Gasteiger partial charge on any atom is -0.353 e. The van der Waals surface area contributed by atoms with E-state index >= 15 is 0 Å². The van der Waals surface area contributed by atoms with E-state index in [4.69, 9.17) is 0 Å². The standard InChI is InChI=1S/C9H17N6/c1-2-14-15(9-12-5-6-13-9)7(1)8-10-3-4-11-8/h7-8,10-11H,1-6H2,(H,12,13). The van der Waals surface area contributed by atoms with Crippen molar-refractivity contribution in [2.24, 2.45) is 4.99 Å². The number of hydrogen-bond donors (Lipinski definition) is 3. The van der Waals surface area contributed by atoms with Crippen LogP contribution in [0.5, 0.6) is 0 Å². The van der Waals surface area contributed by atoms with Crippen molar-refractivity contribution in [3.8, 4) is 0 Å². The summed E-state index contributed by atoms with van der Waals surface area (Å²) in [6.07, 6.45) is 1.46. The van der Waals surface area contributed by atoms with Crippen LogP contribution in [-0.4, -0.2) is 55.9 Å². The molecule has 1 atom stereocenters. The first kappa shape index (κ1) is 9.38. The molecule has 1 radical (unpaired) electrons. The van der Waals surface area contributed by atoms with Crippen LogP contribution < -0.4 is 21.4 Å². The Hall–Kier alpha value is -0.850. The van der Waals surface area contributed by atoms with E-state index in [9.17, 15) is 0 Å². The van der Waals surface area contributed by atoms with Crippen LogP contribution in [0.3, 0.4) is 0 Å². The molecule has 3 N–H and O–H groups in total. The Morgan fingerprint density at radius 3 is 2.73 bits per heavy atom. The minimum atomic E-state index is 0.362. The molecule has 6 nitrogen and oxygen atoms in total. The van der Waals surface area contributed by atoms with E-state index in [0.717, 1.165) is 45.1 Å². The summed E-state index contributed by atoms with van der Waals surface area (Å²) in [6.45, 7) is 4.83. The molecule has 2 saturated heterocycles. The Morgan fingerprint density at radius 1 is 1.13 bits per heavy atom. The van der Waals surface area contributed by atoms with Gasteiger partial charge >= 0.3 is 0 Å². The maximum Gasteiger partial charge on any atom is 0.210 e. The van der Waals surface area contributed by atoms with E-state index in [0.29, 0.717) is 12.2 Å².